The summed E-state index contributed by atoms with van der Waals surface area (Å²) in [5, 5.41) is 0.742. The Bertz CT molecular complexity index is 463. The number of furan rings is 1. The zero-order valence-electron chi connectivity index (χ0n) is 9.82. The van der Waals surface area contributed by atoms with E-state index in [4.69, 9.17) is 21.8 Å². The lowest BCUT2D eigenvalue weighted by atomic mass is 9.79. The first-order valence-electron chi connectivity index (χ1n) is 5.62. The van der Waals surface area contributed by atoms with E-state index >= 15 is 0 Å². The van der Waals surface area contributed by atoms with Crippen molar-refractivity contribution >= 4 is 11.6 Å². The van der Waals surface area contributed by atoms with Crippen LogP contribution in [0.2, 0.25) is 5.02 Å². The fraction of sp³-hybridized carbons (Fsp3) is 0.286. The van der Waals surface area contributed by atoms with Gasteiger partial charge >= 0.3 is 0 Å². The Morgan fingerprint density at radius 1 is 1.24 bits per heavy atom. The van der Waals surface area contributed by atoms with Gasteiger partial charge in [-0.25, -0.2) is 0 Å². The van der Waals surface area contributed by atoms with Crippen LogP contribution in [0.5, 0.6) is 0 Å². The first-order valence-corrected chi connectivity index (χ1v) is 6.00. The average molecular weight is 250 g/mol. The highest BCUT2D eigenvalue weighted by molar-refractivity contribution is 6.30. The molecule has 1 atom stereocenters. The average Bonchev–Trinajstić information content (AvgIpc) is 2.82. The Hall–Kier alpha value is -1.25. The second-order valence-corrected chi connectivity index (χ2v) is 4.96. The molecule has 1 aromatic carbocycles. The SMILES string of the molecule is CC(CN)(Cc1ccco1)c1ccc(Cl)cc1. The standard InChI is InChI=1S/C14H16ClNO/c1-14(10-16,9-13-3-2-8-17-13)11-4-6-12(15)7-5-11/h2-8H,9-10,16H2,1H3. The van der Waals surface area contributed by atoms with E-state index in [1.54, 1.807) is 6.26 Å². The Labute approximate surface area is 106 Å². The van der Waals surface area contributed by atoms with Crippen molar-refractivity contribution in [2.24, 2.45) is 5.73 Å². The Morgan fingerprint density at radius 3 is 2.47 bits per heavy atom. The highest BCUT2D eigenvalue weighted by Crippen LogP contribution is 2.28. The second kappa shape index (κ2) is 4.94. The minimum absolute atomic E-state index is 0.123. The van der Waals surface area contributed by atoms with Crippen molar-refractivity contribution in [2.45, 2.75) is 18.8 Å². The normalized spacial score (nSPS) is 14.5. The molecule has 3 heteroatoms. The molecule has 0 radical (unpaired) electrons. The molecule has 1 heterocycles. The van der Waals surface area contributed by atoms with Gasteiger partial charge in [0.15, 0.2) is 0 Å². The molecule has 1 unspecified atom stereocenters. The molecule has 0 saturated heterocycles. The van der Waals surface area contributed by atoms with Crippen LogP contribution in [0.3, 0.4) is 0 Å². The van der Waals surface area contributed by atoms with Gasteiger partial charge in [0.25, 0.3) is 0 Å². The van der Waals surface area contributed by atoms with Gasteiger partial charge in [-0.2, -0.15) is 0 Å². The molecule has 0 saturated carbocycles. The van der Waals surface area contributed by atoms with Crippen LogP contribution >= 0.6 is 11.6 Å². The Morgan fingerprint density at radius 2 is 1.94 bits per heavy atom. The van der Waals surface area contributed by atoms with Crippen LogP contribution in [0.4, 0.5) is 0 Å². The van der Waals surface area contributed by atoms with Crippen molar-refractivity contribution < 1.29 is 4.42 Å². The van der Waals surface area contributed by atoms with Crippen LogP contribution in [0.15, 0.2) is 47.1 Å². The van der Waals surface area contributed by atoms with E-state index in [-0.39, 0.29) is 5.41 Å². The van der Waals surface area contributed by atoms with Gasteiger partial charge in [0.1, 0.15) is 5.76 Å². The van der Waals surface area contributed by atoms with E-state index in [0.717, 1.165) is 17.2 Å². The largest absolute Gasteiger partial charge is 0.469 e. The van der Waals surface area contributed by atoms with Crippen molar-refractivity contribution in [1.29, 1.82) is 0 Å². The lowest BCUT2D eigenvalue weighted by Crippen LogP contribution is -2.34. The van der Waals surface area contributed by atoms with Crippen LogP contribution in [0.1, 0.15) is 18.2 Å². The van der Waals surface area contributed by atoms with Crippen molar-refractivity contribution in [2.75, 3.05) is 6.54 Å². The predicted octanol–water partition coefficient (Wildman–Crippen LogP) is 3.39. The van der Waals surface area contributed by atoms with Gasteiger partial charge in [-0.15, -0.1) is 0 Å². The maximum absolute atomic E-state index is 5.92. The first-order chi connectivity index (χ1) is 8.14. The number of benzene rings is 1. The van der Waals surface area contributed by atoms with Gasteiger partial charge in [-0.3, -0.25) is 0 Å². The minimum atomic E-state index is -0.123. The number of rotatable bonds is 4. The summed E-state index contributed by atoms with van der Waals surface area (Å²) in [4.78, 5) is 0. The van der Waals surface area contributed by atoms with Crippen molar-refractivity contribution in [3.8, 4) is 0 Å². The third-order valence-electron chi connectivity index (χ3n) is 3.14. The lowest BCUT2D eigenvalue weighted by molar-refractivity contribution is 0.412. The molecule has 0 aliphatic rings. The molecule has 17 heavy (non-hydrogen) atoms. The van der Waals surface area contributed by atoms with Gasteiger partial charge in [0.05, 0.1) is 6.26 Å². The lowest BCUT2D eigenvalue weighted by Gasteiger charge is -2.27. The second-order valence-electron chi connectivity index (χ2n) is 4.53. The summed E-state index contributed by atoms with van der Waals surface area (Å²) < 4.78 is 5.39. The molecule has 0 fully saturated rings. The van der Waals surface area contributed by atoms with Crippen LogP contribution in [0.25, 0.3) is 0 Å². The topological polar surface area (TPSA) is 39.2 Å². The molecule has 0 aliphatic heterocycles. The quantitative estimate of drug-likeness (QED) is 0.902. The molecule has 0 aliphatic carbocycles. The summed E-state index contributed by atoms with van der Waals surface area (Å²) in [6.45, 7) is 2.70. The summed E-state index contributed by atoms with van der Waals surface area (Å²) in [6.07, 6.45) is 2.48. The monoisotopic (exact) mass is 249 g/mol. The highest BCUT2D eigenvalue weighted by atomic mass is 35.5. The molecule has 2 rings (SSSR count). The van der Waals surface area contributed by atoms with Gasteiger partial charge in [-0.1, -0.05) is 30.7 Å². The molecule has 0 spiro atoms. The third kappa shape index (κ3) is 2.71. The van der Waals surface area contributed by atoms with E-state index in [2.05, 4.69) is 6.92 Å². The maximum atomic E-state index is 5.92. The zero-order chi connectivity index (χ0) is 12.3. The van der Waals surface area contributed by atoms with E-state index in [9.17, 15) is 0 Å². The molecule has 2 aromatic rings. The van der Waals surface area contributed by atoms with Crippen LogP contribution in [-0.4, -0.2) is 6.54 Å². The van der Waals surface area contributed by atoms with Gasteiger partial charge < -0.3 is 10.2 Å². The molecule has 2 nitrogen and oxygen atoms in total. The van der Waals surface area contributed by atoms with E-state index in [1.165, 1.54) is 5.56 Å². The van der Waals surface area contributed by atoms with E-state index in [1.807, 2.05) is 36.4 Å². The Balaban J connectivity index is 2.27. The summed E-state index contributed by atoms with van der Waals surface area (Å²) in [5.41, 5.74) is 6.98. The summed E-state index contributed by atoms with van der Waals surface area (Å²) in [7, 11) is 0. The van der Waals surface area contributed by atoms with Crippen molar-refractivity contribution in [3.05, 3.63) is 59.0 Å². The van der Waals surface area contributed by atoms with E-state index in [0.29, 0.717) is 6.54 Å². The molecule has 90 valence electrons. The molecule has 2 N–H and O–H groups in total. The molecule has 0 bridgehead atoms. The minimum Gasteiger partial charge on any atom is -0.469 e. The number of hydrogen-bond donors (Lipinski definition) is 1. The zero-order valence-corrected chi connectivity index (χ0v) is 10.6. The number of nitrogens with two attached hydrogens (primary N) is 1. The smallest absolute Gasteiger partial charge is 0.104 e. The predicted molar refractivity (Wildman–Crippen MR) is 70.3 cm³/mol. The first kappa shape index (κ1) is 12.2. The Kier molecular flexibility index (Phi) is 3.55. The molecule has 1 aromatic heterocycles. The van der Waals surface area contributed by atoms with Gasteiger partial charge in [-0.05, 0) is 29.8 Å². The molecular formula is C14H16ClNO. The summed E-state index contributed by atoms with van der Waals surface area (Å²) >= 11 is 5.90. The van der Waals surface area contributed by atoms with E-state index < -0.39 is 0 Å². The highest BCUT2D eigenvalue weighted by Gasteiger charge is 2.26. The van der Waals surface area contributed by atoms with Gasteiger partial charge in [0, 0.05) is 23.4 Å². The third-order valence-corrected chi connectivity index (χ3v) is 3.39. The fourth-order valence-corrected chi connectivity index (χ4v) is 2.07. The fourth-order valence-electron chi connectivity index (χ4n) is 1.94. The number of hydrogen-bond acceptors (Lipinski definition) is 2. The van der Waals surface area contributed by atoms with Gasteiger partial charge in [0.2, 0.25) is 0 Å². The number of halogens is 1. The summed E-state index contributed by atoms with van der Waals surface area (Å²) in [6, 6.07) is 11.7. The molecule has 0 amide bonds. The summed E-state index contributed by atoms with van der Waals surface area (Å²) in [5.74, 6) is 0.952. The van der Waals surface area contributed by atoms with Crippen LogP contribution < -0.4 is 5.73 Å². The van der Waals surface area contributed by atoms with Crippen LogP contribution in [0, 0.1) is 0 Å². The maximum Gasteiger partial charge on any atom is 0.104 e. The van der Waals surface area contributed by atoms with Crippen LogP contribution in [-0.2, 0) is 11.8 Å². The van der Waals surface area contributed by atoms with Crippen molar-refractivity contribution in [1.82, 2.24) is 0 Å². The van der Waals surface area contributed by atoms with Crippen molar-refractivity contribution in [3.63, 3.8) is 0 Å². The molecular weight excluding hydrogens is 234 g/mol.